The van der Waals surface area contributed by atoms with Gasteiger partial charge in [0.25, 0.3) is 0 Å². The van der Waals surface area contributed by atoms with Crippen molar-refractivity contribution in [3.05, 3.63) is 76.8 Å². The predicted octanol–water partition coefficient (Wildman–Crippen LogP) is 5.95. The van der Waals surface area contributed by atoms with Crippen molar-refractivity contribution < 1.29 is 4.74 Å². The standard InChI is InChI=1S/C25H24ClN3OS/c1-28-11-13-29(14-12-28)24-4-2-3-18-7-10-21(15-23(18)24)30-17-22-16-27-25(31-22)19-5-8-20(26)9-6-19/h2-10,15-16H,11-14,17H2,1H3. The average Bonchev–Trinajstić information content (AvgIpc) is 3.27. The zero-order chi connectivity index (χ0) is 21.2. The summed E-state index contributed by atoms with van der Waals surface area (Å²) in [6.45, 7) is 4.79. The summed E-state index contributed by atoms with van der Waals surface area (Å²) < 4.78 is 6.15. The van der Waals surface area contributed by atoms with Gasteiger partial charge in [0.05, 0.1) is 4.88 Å². The highest BCUT2D eigenvalue weighted by molar-refractivity contribution is 7.15. The van der Waals surface area contributed by atoms with Crippen molar-refractivity contribution in [2.75, 3.05) is 38.1 Å². The van der Waals surface area contributed by atoms with Gasteiger partial charge in [0.1, 0.15) is 17.4 Å². The van der Waals surface area contributed by atoms with Gasteiger partial charge in [-0.1, -0.05) is 41.9 Å². The summed E-state index contributed by atoms with van der Waals surface area (Å²) in [6.07, 6.45) is 1.89. The van der Waals surface area contributed by atoms with E-state index in [2.05, 4.69) is 58.2 Å². The number of likely N-dealkylation sites (N-methyl/N-ethyl adjacent to an activating group) is 1. The molecular formula is C25H24ClN3OS. The lowest BCUT2D eigenvalue weighted by Gasteiger charge is -2.34. The molecule has 0 amide bonds. The summed E-state index contributed by atoms with van der Waals surface area (Å²) in [7, 11) is 2.18. The summed E-state index contributed by atoms with van der Waals surface area (Å²) in [5, 5.41) is 4.20. The summed E-state index contributed by atoms with van der Waals surface area (Å²) in [5.74, 6) is 0.885. The first kappa shape index (κ1) is 20.3. The van der Waals surface area contributed by atoms with Gasteiger partial charge in [-0.15, -0.1) is 11.3 Å². The third-order valence-corrected chi connectivity index (χ3v) is 6.97. The molecule has 1 fully saturated rings. The molecule has 0 spiro atoms. The molecular weight excluding hydrogens is 426 g/mol. The van der Waals surface area contributed by atoms with E-state index < -0.39 is 0 Å². The van der Waals surface area contributed by atoms with Crippen molar-refractivity contribution in [1.82, 2.24) is 9.88 Å². The minimum absolute atomic E-state index is 0.507. The highest BCUT2D eigenvalue weighted by atomic mass is 35.5. The van der Waals surface area contributed by atoms with Crippen LogP contribution in [-0.2, 0) is 6.61 Å². The number of thiazole rings is 1. The number of ether oxygens (including phenoxy) is 1. The molecule has 1 aromatic heterocycles. The lowest BCUT2D eigenvalue weighted by molar-refractivity contribution is 0.309. The molecule has 0 radical (unpaired) electrons. The quantitative estimate of drug-likeness (QED) is 0.376. The normalized spacial score (nSPS) is 14.8. The van der Waals surface area contributed by atoms with Crippen LogP contribution in [-0.4, -0.2) is 43.1 Å². The molecule has 6 heteroatoms. The Morgan fingerprint density at radius 3 is 2.61 bits per heavy atom. The zero-order valence-electron chi connectivity index (χ0n) is 17.4. The first-order valence-corrected chi connectivity index (χ1v) is 11.6. The Balaban J connectivity index is 1.33. The van der Waals surface area contributed by atoms with E-state index in [1.807, 2.05) is 30.5 Å². The van der Waals surface area contributed by atoms with E-state index in [1.165, 1.54) is 16.5 Å². The number of piperazine rings is 1. The van der Waals surface area contributed by atoms with Gasteiger partial charge in [0.15, 0.2) is 0 Å². The van der Waals surface area contributed by atoms with Crippen LogP contribution in [0.3, 0.4) is 0 Å². The van der Waals surface area contributed by atoms with Crippen molar-refractivity contribution in [2.24, 2.45) is 0 Å². The first-order chi connectivity index (χ1) is 15.2. The fourth-order valence-electron chi connectivity index (χ4n) is 3.90. The van der Waals surface area contributed by atoms with Gasteiger partial charge in [-0.2, -0.15) is 0 Å². The molecule has 0 saturated carbocycles. The third-order valence-electron chi connectivity index (χ3n) is 5.70. The van der Waals surface area contributed by atoms with Crippen molar-refractivity contribution in [2.45, 2.75) is 6.61 Å². The molecule has 31 heavy (non-hydrogen) atoms. The van der Waals surface area contributed by atoms with Crippen LogP contribution in [0.25, 0.3) is 21.3 Å². The Morgan fingerprint density at radius 2 is 1.81 bits per heavy atom. The van der Waals surface area contributed by atoms with Crippen LogP contribution in [0.15, 0.2) is 66.9 Å². The molecule has 0 N–H and O–H groups in total. The van der Waals surface area contributed by atoms with Gasteiger partial charge < -0.3 is 14.5 Å². The topological polar surface area (TPSA) is 28.6 Å². The Hall–Kier alpha value is -2.60. The monoisotopic (exact) mass is 449 g/mol. The first-order valence-electron chi connectivity index (χ1n) is 10.5. The molecule has 4 aromatic rings. The van der Waals surface area contributed by atoms with Crippen LogP contribution in [0, 0.1) is 0 Å². The maximum Gasteiger partial charge on any atom is 0.124 e. The Bertz CT molecular complexity index is 1180. The summed E-state index contributed by atoms with van der Waals surface area (Å²) in [4.78, 5) is 10.5. The SMILES string of the molecule is CN1CCN(c2cccc3ccc(OCc4cnc(-c5ccc(Cl)cc5)s4)cc23)CC1. The van der Waals surface area contributed by atoms with Crippen LogP contribution in [0.4, 0.5) is 5.69 Å². The molecule has 158 valence electrons. The minimum atomic E-state index is 0.507. The molecule has 1 aliphatic heterocycles. The lowest BCUT2D eigenvalue weighted by atomic mass is 10.1. The van der Waals surface area contributed by atoms with Gasteiger partial charge in [-0.25, -0.2) is 4.98 Å². The number of halogens is 1. The number of anilines is 1. The molecule has 0 aliphatic carbocycles. The van der Waals surface area contributed by atoms with E-state index in [4.69, 9.17) is 16.3 Å². The zero-order valence-corrected chi connectivity index (χ0v) is 19.0. The molecule has 2 heterocycles. The van der Waals surface area contributed by atoms with E-state index in [1.54, 1.807) is 11.3 Å². The summed E-state index contributed by atoms with van der Waals surface area (Å²) in [6, 6.07) is 20.7. The van der Waals surface area contributed by atoms with Gasteiger partial charge >= 0.3 is 0 Å². The molecule has 1 aliphatic rings. The van der Waals surface area contributed by atoms with E-state index in [0.717, 1.165) is 52.4 Å². The molecule has 3 aromatic carbocycles. The smallest absolute Gasteiger partial charge is 0.124 e. The van der Waals surface area contributed by atoms with Crippen molar-refractivity contribution in [1.29, 1.82) is 0 Å². The number of hydrogen-bond acceptors (Lipinski definition) is 5. The third kappa shape index (κ3) is 4.54. The fraction of sp³-hybridized carbons (Fsp3) is 0.240. The Morgan fingerprint density at radius 1 is 1.00 bits per heavy atom. The van der Waals surface area contributed by atoms with E-state index in [9.17, 15) is 0 Å². The van der Waals surface area contributed by atoms with E-state index >= 15 is 0 Å². The van der Waals surface area contributed by atoms with Gasteiger partial charge in [-0.3, -0.25) is 0 Å². The molecule has 5 rings (SSSR count). The van der Waals surface area contributed by atoms with Crippen molar-refractivity contribution in [3.8, 4) is 16.3 Å². The number of aromatic nitrogens is 1. The van der Waals surface area contributed by atoms with Gasteiger partial charge in [0, 0.05) is 54.0 Å². The van der Waals surface area contributed by atoms with Crippen LogP contribution in [0.2, 0.25) is 5.02 Å². The number of fused-ring (bicyclic) bond motifs is 1. The largest absolute Gasteiger partial charge is 0.488 e. The highest BCUT2D eigenvalue weighted by Gasteiger charge is 2.16. The van der Waals surface area contributed by atoms with Crippen LogP contribution in [0.1, 0.15) is 4.88 Å². The molecule has 0 unspecified atom stereocenters. The number of benzene rings is 3. The van der Waals surface area contributed by atoms with Crippen molar-refractivity contribution >= 4 is 39.4 Å². The second-order valence-corrected chi connectivity index (χ2v) is 9.43. The van der Waals surface area contributed by atoms with Gasteiger partial charge in [-0.05, 0) is 42.8 Å². The van der Waals surface area contributed by atoms with Crippen LogP contribution >= 0.6 is 22.9 Å². The van der Waals surface area contributed by atoms with Gasteiger partial charge in [0.2, 0.25) is 0 Å². The Kier molecular flexibility index (Phi) is 5.81. The highest BCUT2D eigenvalue weighted by Crippen LogP contribution is 2.32. The second kappa shape index (κ2) is 8.87. The number of rotatable bonds is 5. The second-order valence-electron chi connectivity index (χ2n) is 7.88. The Labute approximate surface area is 191 Å². The molecule has 0 atom stereocenters. The maximum atomic E-state index is 6.15. The van der Waals surface area contributed by atoms with Crippen LogP contribution < -0.4 is 9.64 Å². The minimum Gasteiger partial charge on any atom is -0.488 e. The molecule has 4 nitrogen and oxygen atoms in total. The molecule has 0 bridgehead atoms. The molecule has 1 saturated heterocycles. The van der Waals surface area contributed by atoms with Crippen LogP contribution in [0.5, 0.6) is 5.75 Å². The van der Waals surface area contributed by atoms with E-state index in [-0.39, 0.29) is 0 Å². The predicted molar refractivity (Wildman–Crippen MR) is 131 cm³/mol. The lowest BCUT2D eigenvalue weighted by Crippen LogP contribution is -2.44. The van der Waals surface area contributed by atoms with E-state index in [0.29, 0.717) is 6.61 Å². The average molecular weight is 450 g/mol. The summed E-state index contributed by atoms with van der Waals surface area (Å²) >= 11 is 7.64. The van der Waals surface area contributed by atoms with Crippen molar-refractivity contribution in [3.63, 3.8) is 0 Å². The fourth-order valence-corrected chi connectivity index (χ4v) is 4.86. The number of nitrogens with zero attached hydrogens (tertiary/aromatic N) is 3. The maximum absolute atomic E-state index is 6.15. The number of hydrogen-bond donors (Lipinski definition) is 0. The summed E-state index contributed by atoms with van der Waals surface area (Å²) in [5.41, 5.74) is 2.36.